The Bertz CT molecular complexity index is 595. The van der Waals surface area contributed by atoms with Crippen molar-refractivity contribution < 1.29 is 9.90 Å². The molecular formula is C15H17ClN2O2. The quantitative estimate of drug-likeness (QED) is 0.890. The summed E-state index contributed by atoms with van der Waals surface area (Å²) in [6.07, 6.45) is 1.73. The van der Waals surface area contributed by atoms with Gasteiger partial charge >= 0.3 is 0 Å². The zero-order valence-electron chi connectivity index (χ0n) is 11.2. The molecule has 1 heterocycles. The third-order valence-electron chi connectivity index (χ3n) is 3.15. The number of carbonyl (C=O) groups is 1. The zero-order chi connectivity index (χ0) is 14.5. The smallest absolute Gasteiger partial charge is 0.252 e. The van der Waals surface area contributed by atoms with Crippen molar-refractivity contribution in [3.05, 3.63) is 58.9 Å². The van der Waals surface area contributed by atoms with E-state index in [-0.39, 0.29) is 5.91 Å². The lowest BCUT2D eigenvalue weighted by atomic mass is 10.1. The van der Waals surface area contributed by atoms with E-state index in [1.807, 2.05) is 29.9 Å². The predicted molar refractivity (Wildman–Crippen MR) is 78.8 cm³/mol. The summed E-state index contributed by atoms with van der Waals surface area (Å²) in [4.78, 5) is 11.9. The summed E-state index contributed by atoms with van der Waals surface area (Å²) in [5.74, 6) is -0.227. The number of aliphatic hydroxyl groups excluding tert-OH is 1. The first-order chi connectivity index (χ1) is 9.59. The number of hydrogen-bond acceptors (Lipinski definition) is 2. The Morgan fingerprint density at radius 2 is 2.10 bits per heavy atom. The number of aromatic nitrogens is 1. The highest BCUT2D eigenvalue weighted by Gasteiger charge is 2.12. The van der Waals surface area contributed by atoms with E-state index in [9.17, 15) is 9.90 Å². The van der Waals surface area contributed by atoms with Gasteiger partial charge in [0.2, 0.25) is 0 Å². The van der Waals surface area contributed by atoms with Crippen LogP contribution in [0, 0.1) is 0 Å². The van der Waals surface area contributed by atoms with Crippen LogP contribution in [0.3, 0.4) is 0 Å². The Labute approximate surface area is 123 Å². The molecule has 2 aromatic rings. The van der Waals surface area contributed by atoms with Crippen LogP contribution in [0.25, 0.3) is 0 Å². The lowest BCUT2D eigenvalue weighted by Crippen LogP contribution is -2.26. The van der Waals surface area contributed by atoms with Gasteiger partial charge in [-0.1, -0.05) is 23.7 Å². The molecule has 0 saturated heterocycles. The molecule has 1 aromatic carbocycles. The second kappa shape index (κ2) is 6.59. The molecule has 0 saturated carbocycles. The first-order valence-electron chi connectivity index (χ1n) is 6.41. The van der Waals surface area contributed by atoms with Crippen molar-refractivity contribution >= 4 is 17.5 Å². The maximum Gasteiger partial charge on any atom is 0.252 e. The number of nitrogens with one attached hydrogen (secondary N) is 1. The average molecular weight is 293 g/mol. The van der Waals surface area contributed by atoms with Crippen molar-refractivity contribution in [3.63, 3.8) is 0 Å². The minimum absolute atomic E-state index is 0.227. The summed E-state index contributed by atoms with van der Waals surface area (Å²) < 4.78 is 1.86. The van der Waals surface area contributed by atoms with Crippen LogP contribution in [0.2, 0.25) is 5.02 Å². The van der Waals surface area contributed by atoms with Crippen molar-refractivity contribution in [2.75, 3.05) is 6.54 Å². The summed E-state index contributed by atoms with van der Waals surface area (Å²) in [6.45, 7) is 0.385. The third-order valence-corrected chi connectivity index (χ3v) is 3.48. The molecular weight excluding hydrogens is 276 g/mol. The molecule has 0 aliphatic heterocycles. The van der Waals surface area contributed by atoms with Crippen LogP contribution in [0.4, 0.5) is 0 Å². The fourth-order valence-corrected chi connectivity index (χ4v) is 2.25. The van der Waals surface area contributed by atoms with Crippen LogP contribution in [0.15, 0.2) is 42.6 Å². The molecule has 0 aliphatic carbocycles. The first-order valence-corrected chi connectivity index (χ1v) is 6.79. The van der Waals surface area contributed by atoms with Crippen molar-refractivity contribution in [2.24, 2.45) is 7.05 Å². The van der Waals surface area contributed by atoms with Crippen molar-refractivity contribution in [3.8, 4) is 0 Å². The number of hydrogen-bond donors (Lipinski definition) is 2. The molecule has 0 spiro atoms. The monoisotopic (exact) mass is 292 g/mol. The Morgan fingerprint density at radius 3 is 2.75 bits per heavy atom. The van der Waals surface area contributed by atoms with Gasteiger partial charge < -0.3 is 15.0 Å². The number of halogens is 1. The van der Waals surface area contributed by atoms with Crippen LogP contribution < -0.4 is 5.32 Å². The molecule has 1 atom stereocenters. The highest BCUT2D eigenvalue weighted by Crippen LogP contribution is 2.17. The van der Waals surface area contributed by atoms with E-state index in [1.165, 1.54) is 0 Å². The van der Waals surface area contributed by atoms with Crippen LogP contribution >= 0.6 is 11.6 Å². The fourth-order valence-electron chi connectivity index (χ4n) is 2.03. The first kappa shape index (κ1) is 14.6. The molecule has 106 valence electrons. The SMILES string of the molecule is Cn1cccc1C(O)CCNC(=O)c1ccccc1Cl. The number of amides is 1. The molecule has 0 radical (unpaired) electrons. The van der Waals surface area contributed by atoms with Crippen LogP contribution in [-0.4, -0.2) is 22.1 Å². The highest BCUT2D eigenvalue weighted by molar-refractivity contribution is 6.33. The van der Waals surface area contributed by atoms with Gasteiger partial charge in [-0.3, -0.25) is 4.79 Å². The van der Waals surface area contributed by atoms with Gasteiger partial charge in [-0.25, -0.2) is 0 Å². The van der Waals surface area contributed by atoms with Gasteiger partial charge in [-0.15, -0.1) is 0 Å². The second-order valence-corrected chi connectivity index (χ2v) is 4.99. The lowest BCUT2D eigenvalue weighted by molar-refractivity contribution is 0.0941. The molecule has 1 aromatic heterocycles. The van der Waals surface area contributed by atoms with Crippen molar-refractivity contribution in [1.82, 2.24) is 9.88 Å². The van der Waals surface area contributed by atoms with E-state index < -0.39 is 6.10 Å². The maximum atomic E-state index is 11.9. The number of nitrogens with zero attached hydrogens (tertiary/aromatic N) is 1. The number of carbonyl (C=O) groups excluding carboxylic acids is 1. The number of rotatable bonds is 5. The number of benzene rings is 1. The summed E-state index contributed by atoms with van der Waals surface area (Å²) in [6, 6.07) is 10.6. The van der Waals surface area contributed by atoms with Gasteiger partial charge in [0.1, 0.15) is 0 Å². The molecule has 0 bridgehead atoms. The molecule has 4 nitrogen and oxygen atoms in total. The van der Waals surface area contributed by atoms with Gasteiger partial charge in [-0.2, -0.15) is 0 Å². The molecule has 0 aliphatic rings. The fraction of sp³-hybridized carbons (Fsp3) is 0.267. The van der Waals surface area contributed by atoms with E-state index in [4.69, 9.17) is 11.6 Å². The normalized spacial score (nSPS) is 12.2. The third kappa shape index (κ3) is 3.40. The van der Waals surface area contributed by atoms with E-state index in [0.29, 0.717) is 23.6 Å². The summed E-state index contributed by atoms with van der Waals surface area (Å²) in [7, 11) is 1.88. The van der Waals surface area contributed by atoms with Crippen molar-refractivity contribution in [2.45, 2.75) is 12.5 Å². The van der Waals surface area contributed by atoms with Crippen LogP contribution in [0.1, 0.15) is 28.6 Å². The minimum Gasteiger partial charge on any atom is -0.387 e. The van der Waals surface area contributed by atoms with Gasteiger partial charge in [0.15, 0.2) is 0 Å². The molecule has 2 N–H and O–H groups in total. The largest absolute Gasteiger partial charge is 0.387 e. The molecule has 1 amide bonds. The van der Waals surface area contributed by atoms with E-state index >= 15 is 0 Å². The van der Waals surface area contributed by atoms with E-state index in [1.54, 1.807) is 24.3 Å². The van der Waals surface area contributed by atoms with Gasteiger partial charge in [0.05, 0.1) is 16.7 Å². The van der Waals surface area contributed by atoms with Crippen LogP contribution in [0.5, 0.6) is 0 Å². The Balaban J connectivity index is 1.86. The molecule has 2 rings (SSSR count). The zero-order valence-corrected chi connectivity index (χ0v) is 12.0. The summed E-state index contributed by atoms with van der Waals surface area (Å²) in [5, 5.41) is 13.2. The standard InChI is InChI=1S/C15H17ClN2O2/c1-18-10-4-7-13(18)14(19)8-9-17-15(20)11-5-2-3-6-12(11)16/h2-7,10,14,19H,8-9H2,1H3,(H,17,20). The topological polar surface area (TPSA) is 54.3 Å². The minimum atomic E-state index is -0.596. The number of aliphatic hydroxyl groups is 1. The van der Waals surface area contributed by atoms with Crippen LogP contribution in [-0.2, 0) is 7.05 Å². The van der Waals surface area contributed by atoms with Gasteiger partial charge in [0, 0.05) is 25.5 Å². The average Bonchev–Trinajstić information content (AvgIpc) is 2.85. The Kier molecular flexibility index (Phi) is 4.82. The molecule has 20 heavy (non-hydrogen) atoms. The van der Waals surface area contributed by atoms with E-state index in [2.05, 4.69) is 5.32 Å². The lowest BCUT2D eigenvalue weighted by Gasteiger charge is -2.12. The Morgan fingerprint density at radius 1 is 1.35 bits per heavy atom. The molecule has 5 heteroatoms. The number of aryl methyl sites for hydroxylation is 1. The van der Waals surface area contributed by atoms with Gasteiger partial charge in [-0.05, 0) is 30.7 Å². The highest BCUT2D eigenvalue weighted by atomic mass is 35.5. The van der Waals surface area contributed by atoms with E-state index in [0.717, 1.165) is 5.69 Å². The molecule has 0 fully saturated rings. The summed E-state index contributed by atoms with van der Waals surface area (Å²) >= 11 is 5.95. The Hall–Kier alpha value is -1.78. The molecule has 1 unspecified atom stereocenters. The predicted octanol–water partition coefficient (Wildman–Crippen LogP) is 2.53. The maximum absolute atomic E-state index is 11.9. The second-order valence-electron chi connectivity index (χ2n) is 4.58. The van der Waals surface area contributed by atoms with Gasteiger partial charge in [0.25, 0.3) is 5.91 Å². The summed E-state index contributed by atoms with van der Waals surface area (Å²) in [5.41, 5.74) is 1.28. The van der Waals surface area contributed by atoms with Crippen molar-refractivity contribution in [1.29, 1.82) is 0 Å².